The summed E-state index contributed by atoms with van der Waals surface area (Å²) in [6, 6.07) is 13.9. The molecule has 0 radical (unpaired) electrons. The molecule has 2 aromatic carbocycles. The number of nitrogens with zero attached hydrogens (tertiary/aromatic N) is 4. The van der Waals surface area contributed by atoms with Crippen LogP contribution in [0.4, 0.5) is 5.82 Å². The van der Waals surface area contributed by atoms with E-state index in [1.807, 2.05) is 41.1 Å². The first kappa shape index (κ1) is 27.7. The molecule has 3 aromatic rings. The Kier molecular flexibility index (Phi) is 7.82. The number of hydrogen-bond acceptors (Lipinski definition) is 5. The number of halogens is 1. The monoisotopic (exact) mass is 566 g/mol. The highest BCUT2D eigenvalue weighted by molar-refractivity contribution is 8.00. The molecule has 0 saturated carbocycles. The highest BCUT2D eigenvalue weighted by Crippen LogP contribution is 2.49. The van der Waals surface area contributed by atoms with Crippen molar-refractivity contribution in [3.63, 3.8) is 0 Å². The van der Waals surface area contributed by atoms with Crippen LogP contribution in [-0.4, -0.2) is 65.1 Å². The van der Waals surface area contributed by atoms with E-state index in [0.29, 0.717) is 37.1 Å². The van der Waals surface area contributed by atoms with Crippen LogP contribution >= 0.6 is 23.4 Å². The van der Waals surface area contributed by atoms with Gasteiger partial charge in [0.1, 0.15) is 12.4 Å². The van der Waals surface area contributed by atoms with Crippen molar-refractivity contribution in [3.8, 4) is 5.69 Å². The van der Waals surface area contributed by atoms with Gasteiger partial charge in [0.05, 0.1) is 35.6 Å². The Balaban J connectivity index is 1.76. The molecule has 0 unspecified atom stereocenters. The van der Waals surface area contributed by atoms with Gasteiger partial charge in [-0.3, -0.25) is 14.5 Å². The van der Waals surface area contributed by atoms with Crippen LogP contribution < -0.4 is 4.90 Å². The summed E-state index contributed by atoms with van der Waals surface area (Å²) in [5, 5.41) is 5.67. The second-order valence-corrected chi connectivity index (χ2v) is 12.7. The number of ether oxygens (including phenoxy) is 1. The Morgan fingerprint density at radius 2 is 1.85 bits per heavy atom. The molecule has 1 atom stereocenters. The summed E-state index contributed by atoms with van der Waals surface area (Å²) in [5.41, 5.74) is 5.64. The number of benzene rings is 2. The number of morpholine rings is 1. The normalized spacial score (nSPS) is 18.2. The van der Waals surface area contributed by atoms with Gasteiger partial charge in [-0.15, -0.1) is 11.8 Å². The number of thioether (sulfide) groups is 1. The first-order valence-corrected chi connectivity index (χ1v) is 14.7. The molecule has 7 nitrogen and oxygen atoms in total. The van der Waals surface area contributed by atoms with Gasteiger partial charge in [0.15, 0.2) is 0 Å². The lowest BCUT2D eigenvalue weighted by Gasteiger charge is -2.30. The van der Waals surface area contributed by atoms with Crippen LogP contribution in [0.15, 0.2) is 42.5 Å². The SMILES string of the molecule is Cc1cccc(-n2nc(C(C)(C)C)c3c2N(CC(=O)N2CCOCC2)C(=O)CS[C@H]3c2cccc(Cl)c2)c1C. The summed E-state index contributed by atoms with van der Waals surface area (Å²) in [7, 11) is 0. The number of rotatable bonds is 4. The fourth-order valence-electron chi connectivity index (χ4n) is 5.19. The zero-order chi connectivity index (χ0) is 27.9. The van der Waals surface area contributed by atoms with Crippen molar-refractivity contribution in [3.05, 3.63) is 75.4 Å². The van der Waals surface area contributed by atoms with Crippen LogP contribution in [0.25, 0.3) is 5.69 Å². The standard InChI is InChI=1S/C30H35ClN4O3S/c1-19-8-6-11-23(20(19)2)35-29-26(28(32-35)30(3,4)5)27(21-9-7-10-22(31)16-21)39-18-25(37)34(29)17-24(36)33-12-14-38-15-13-33/h6-11,16,27H,12-15,17-18H2,1-5H3/t27-/m0/s1. The van der Waals surface area contributed by atoms with Gasteiger partial charge in [0.2, 0.25) is 11.8 Å². The van der Waals surface area contributed by atoms with Crippen LogP contribution in [0, 0.1) is 13.8 Å². The summed E-state index contributed by atoms with van der Waals surface area (Å²) >= 11 is 8.01. The van der Waals surface area contributed by atoms with Crippen molar-refractivity contribution < 1.29 is 14.3 Å². The molecule has 5 rings (SSSR count). The van der Waals surface area contributed by atoms with Gasteiger partial charge in [-0.1, -0.05) is 56.6 Å². The van der Waals surface area contributed by atoms with Crippen molar-refractivity contribution in [1.29, 1.82) is 0 Å². The van der Waals surface area contributed by atoms with E-state index in [4.69, 9.17) is 21.4 Å². The molecular weight excluding hydrogens is 532 g/mol. The predicted molar refractivity (Wildman–Crippen MR) is 157 cm³/mol. The lowest BCUT2D eigenvalue weighted by atomic mass is 9.87. The number of aryl methyl sites for hydroxylation is 1. The van der Waals surface area contributed by atoms with Crippen LogP contribution in [0.1, 0.15) is 54.0 Å². The molecule has 2 amide bonds. The average Bonchev–Trinajstić information content (AvgIpc) is 3.23. The fraction of sp³-hybridized carbons (Fsp3) is 0.433. The molecule has 1 saturated heterocycles. The number of aromatic nitrogens is 2. The molecule has 0 spiro atoms. The number of carbonyl (C=O) groups excluding carboxylic acids is 2. The van der Waals surface area contributed by atoms with Crippen molar-refractivity contribution in [2.45, 2.75) is 45.3 Å². The Morgan fingerprint density at radius 3 is 2.54 bits per heavy atom. The van der Waals surface area contributed by atoms with Crippen LogP contribution in [0.3, 0.4) is 0 Å². The first-order valence-electron chi connectivity index (χ1n) is 13.3. The second kappa shape index (κ2) is 11.0. The minimum Gasteiger partial charge on any atom is -0.378 e. The zero-order valence-corrected chi connectivity index (χ0v) is 24.7. The lowest BCUT2D eigenvalue weighted by Crippen LogP contribution is -2.48. The number of carbonyl (C=O) groups is 2. The summed E-state index contributed by atoms with van der Waals surface area (Å²) in [6.45, 7) is 12.6. The smallest absolute Gasteiger partial charge is 0.242 e. The summed E-state index contributed by atoms with van der Waals surface area (Å²) < 4.78 is 7.34. The summed E-state index contributed by atoms with van der Waals surface area (Å²) in [6.07, 6.45) is 0. The number of amides is 2. The van der Waals surface area contributed by atoms with E-state index in [1.54, 1.807) is 21.6 Å². The molecular formula is C30H35ClN4O3S. The minimum absolute atomic E-state index is 0.0468. The zero-order valence-electron chi connectivity index (χ0n) is 23.2. The average molecular weight is 567 g/mol. The van der Waals surface area contributed by atoms with E-state index >= 15 is 0 Å². The molecule has 1 aromatic heterocycles. The largest absolute Gasteiger partial charge is 0.378 e. The van der Waals surface area contributed by atoms with E-state index in [9.17, 15) is 9.59 Å². The molecule has 1 fully saturated rings. The van der Waals surface area contributed by atoms with Gasteiger partial charge in [0, 0.05) is 29.1 Å². The molecule has 9 heteroatoms. The van der Waals surface area contributed by atoms with Gasteiger partial charge in [0.25, 0.3) is 0 Å². The number of fused-ring (bicyclic) bond motifs is 1. The van der Waals surface area contributed by atoms with Crippen LogP contribution in [0.5, 0.6) is 0 Å². The molecule has 39 heavy (non-hydrogen) atoms. The third-order valence-corrected chi connectivity index (χ3v) is 8.90. The molecule has 3 heterocycles. The van der Waals surface area contributed by atoms with E-state index in [0.717, 1.165) is 33.6 Å². The van der Waals surface area contributed by atoms with Gasteiger partial charge in [-0.25, -0.2) is 4.68 Å². The maximum Gasteiger partial charge on any atom is 0.242 e. The first-order chi connectivity index (χ1) is 18.6. The molecule has 0 aliphatic carbocycles. The maximum absolute atomic E-state index is 13.9. The van der Waals surface area contributed by atoms with E-state index < -0.39 is 0 Å². The third-order valence-electron chi connectivity index (χ3n) is 7.41. The van der Waals surface area contributed by atoms with Gasteiger partial charge in [-0.05, 0) is 48.7 Å². The molecule has 0 N–H and O–H groups in total. The Morgan fingerprint density at radius 1 is 1.13 bits per heavy atom. The van der Waals surface area contributed by atoms with Gasteiger partial charge < -0.3 is 9.64 Å². The van der Waals surface area contributed by atoms with Crippen molar-refractivity contribution in [1.82, 2.24) is 14.7 Å². The second-order valence-electron chi connectivity index (χ2n) is 11.2. The van der Waals surface area contributed by atoms with Crippen LogP contribution in [-0.2, 0) is 19.7 Å². The van der Waals surface area contributed by atoms with E-state index in [1.165, 1.54) is 0 Å². The molecule has 0 bridgehead atoms. The quantitative estimate of drug-likeness (QED) is 0.419. The number of hydrogen-bond donors (Lipinski definition) is 0. The third kappa shape index (κ3) is 5.47. The predicted octanol–water partition coefficient (Wildman–Crippen LogP) is 5.47. The summed E-state index contributed by atoms with van der Waals surface area (Å²) in [5.74, 6) is 0.697. The maximum atomic E-state index is 13.9. The lowest BCUT2D eigenvalue weighted by molar-refractivity contribution is -0.134. The Labute approximate surface area is 239 Å². The van der Waals surface area contributed by atoms with Crippen LogP contribution in [0.2, 0.25) is 5.02 Å². The van der Waals surface area contributed by atoms with Crippen molar-refractivity contribution in [2.24, 2.45) is 0 Å². The Bertz CT molecular complexity index is 1410. The minimum atomic E-state index is -0.322. The van der Waals surface area contributed by atoms with Gasteiger partial charge in [-0.2, -0.15) is 5.10 Å². The topological polar surface area (TPSA) is 67.7 Å². The highest BCUT2D eigenvalue weighted by Gasteiger charge is 2.40. The fourth-order valence-corrected chi connectivity index (χ4v) is 6.57. The molecule has 2 aliphatic heterocycles. The molecule has 206 valence electrons. The van der Waals surface area contributed by atoms with E-state index in [-0.39, 0.29) is 34.8 Å². The van der Waals surface area contributed by atoms with E-state index in [2.05, 4.69) is 40.7 Å². The number of anilines is 1. The van der Waals surface area contributed by atoms with Crippen molar-refractivity contribution >= 4 is 41.0 Å². The highest BCUT2D eigenvalue weighted by atomic mass is 35.5. The Hall–Kier alpha value is -2.81. The van der Waals surface area contributed by atoms with Gasteiger partial charge >= 0.3 is 0 Å². The summed E-state index contributed by atoms with van der Waals surface area (Å²) in [4.78, 5) is 30.8. The van der Waals surface area contributed by atoms with Crippen molar-refractivity contribution in [2.75, 3.05) is 43.5 Å². The molecule has 2 aliphatic rings.